The van der Waals surface area contributed by atoms with Crippen molar-refractivity contribution in [2.75, 3.05) is 6.54 Å². The Kier molecular flexibility index (Phi) is 3.76. The van der Waals surface area contributed by atoms with Crippen molar-refractivity contribution in [2.24, 2.45) is 5.41 Å². The zero-order chi connectivity index (χ0) is 12.4. The number of hydrogen-bond acceptors (Lipinski definition) is 3. The van der Waals surface area contributed by atoms with Gasteiger partial charge in [-0.2, -0.15) is 0 Å². The Morgan fingerprint density at radius 3 is 2.50 bits per heavy atom. The highest BCUT2D eigenvalue weighted by Gasteiger charge is 2.28. The standard InChI is InChI=1S/C12H19NO2S/c1-11(2,3)10(14)13-8-12(4,15)9-6-5-7-16-9/h5-7,15H,8H2,1-4H3,(H,13,14). The summed E-state index contributed by atoms with van der Waals surface area (Å²) < 4.78 is 0. The van der Waals surface area contributed by atoms with Gasteiger partial charge in [0.25, 0.3) is 0 Å². The SMILES string of the molecule is CC(C)(C)C(=O)NCC(C)(O)c1cccs1. The van der Waals surface area contributed by atoms with Crippen molar-refractivity contribution >= 4 is 17.2 Å². The van der Waals surface area contributed by atoms with Gasteiger partial charge in [-0.3, -0.25) is 4.79 Å². The zero-order valence-electron chi connectivity index (χ0n) is 10.2. The molecule has 16 heavy (non-hydrogen) atoms. The van der Waals surface area contributed by atoms with Crippen LogP contribution in [-0.2, 0) is 10.4 Å². The molecule has 1 amide bonds. The highest BCUT2D eigenvalue weighted by atomic mass is 32.1. The number of carbonyl (C=O) groups excluding carboxylic acids is 1. The Morgan fingerprint density at radius 1 is 1.44 bits per heavy atom. The van der Waals surface area contributed by atoms with Gasteiger partial charge in [0.05, 0.1) is 6.54 Å². The van der Waals surface area contributed by atoms with E-state index < -0.39 is 11.0 Å². The Labute approximate surface area is 100 Å². The highest BCUT2D eigenvalue weighted by molar-refractivity contribution is 7.10. The second-order valence-electron chi connectivity index (χ2n) is 5.18. The molecule has 0 spiro atoms. The summed E-state index contributed by atoms with van der Waals surface area (Å²) in [6.07, 6.45) is 0. The van der Waals surface area contributed by atoms with Crippen LogP contribution in [0.15, 0.2) is 17.5 Å². The maximum absolute atomic E-state index is 11.7. The van der Waals surface area contributed by atoms with E-state index in [0.717, 1.165) is 4.88 Å². The molecule has 0 aromatic carbocycles. The average Bonchev–Trinajstić information content (AvgIpc) is 2.65. The van der Waals surface area contributed by atoms with Gasteiger partial charge < -0.3 is 10.4 Å². The largest absolute Gasteiger partial charge is 0.383 e. The lowest BCUT2D eigenvalue weighted by Crippen LogP contribution is -2.42. The van der Waals surface area contributed by atoms with Gasteiger partial charge in [0.15, 0.2) is 0 Å². The van der Waals surface area contributed by atoms with Gasteiger partial charge in [0.1, 0.15) is 5.60 Å². The first-order valence-corrected chi connectivity index (χ1v) is 6.16. The second-order valence-corrected chi connectivity index (χ2v) is 6.13. The van der Waals surface area contributed by atoms with Crippen molar-refractivity contribution in [3.8, 4) is 0 Å². The van der Waals surface area contributed by atoms with Crippen LogP contribution in [0.25, 0.3) is 0 Å². The number of amides is 1. The Balaban J connectivity index is 2.59. The van der Waals surface area contributed by atoms with E-state index in [2.05, 4.69) is 5.32 Å². The molecule has 4 heteroatoms. The molecule has 1 atom stereocenters. The summed E-state index contributed by atoms with van der Waals surface area (Å²) in [5.41, 5.74) is -1.42. The van der Waals surface area contributed by atoms with Crippen molar-refractivity contribution in [3.63, 3.8) is 0 Å². The molecule has 0 aliphatic heterocycles. The Hall–Kier alpha value is -0.870. The number of thiophene rings is 1. The smallest absolute Gasteiger partial charge is 0.225 e. The lowest BCUT2D eigenvalue weighted by molar-refractivity contribution is -0.129. The summed E-state index contributed by atoms with van der Waals surface area (Å²) in [7, 11) is 0. The number of rotatable bonds is 3. The van der Waals surface area contributed by atoms with E-state index >= 15 is 0 Å². The summed E-state index contributed by atoms with van der Waals surface area (Å²) >= 11 is 1.49. The zero-order valence-corrected chi connectivity index (χ0v) is 11.0. The van der Waals surface area contributed by atoms with Crippen molar-refractivity contribution in [1.29, 1.82) is 0 Å². The van der Waals surface area contributed by atoms with Crippen molar-refractivity contribution in [3.05, 3.63) is 22.4 Å². The van der Waals surface area contributed by atoms with Gasteiger partial charge in [-0.25, -0.2) is 0 Å². The van der Waals surface area contributed by atoms with E-state index in [-0.39, 0.29) is 12.5 Å². The molecule has 0 aliphatic rings. The minimum absolute atomic E-state index is 0.0515. The molecule has 2 N–H and O–H groups in total. The van der Waals surface area contributed by atoms with Crippen molar-refractivity contribution in [1.82, 2.24) is 5.32 Å². The van der Waals surface area contributed by atoms with Crippen molar-refractivity contribution in [2.45, 2.75) is 33.3 Å². The predicted octanol–water partition coefficient (Wildman–Crippen LogP) is 2.12. The number of aliphatic hydroxyl groups is 1. The van der Waals surface area contributed by atoms with E-state index in [1.807, 2.05) is 38.3 Å². The van der Waals surface area contributed by atoms with Crippen molar-refractivity contribution < 1.29 is 9.90 Å². The summed E-state index contributed by atoms with van der Waals surface area (Å²) in [6.45, 7) is 7.50. The van der Waals surface area contributed by atoms with E-state index in [9.17, 15) is 9.90 Å². The third-order valence-corrected chi connectivity index (χ3v) is 3.45. The molecular weight excluding hydrogens is 222 g/mol. The molecule has 1 unspecified atom stereocenters. The van der Waals surface area contributed by atoms with Gasteiger partial charge in [0.2, 0.25) is 5.91 Å². The predicted molar refractivity (Wildman–Crippen MR) is 66.4 cm³/mol. The molecule has 1 aromatic heterocycles. The molecule has 0 fully saturated rings. The van der Waals surface area contributed by atoms with Gasteiger partial charge in [0, 0.05) is 10.3 Å². The molecule has 0 bridgehead atoms. The molecule has 0 aliphatic carbocycles. The fourth-order valence-corrected chi connectivity index (χ4v) is 1.98. The number of nitrogens with one attached hydrogen (secondary N) is 1. The molecular formula is C12H19NO2S. The maximum atomic E-state index is 11.7. The van der Waals surface area contributed by atoms with Crippen LogP contribution in [0, 0.1) is 5.41 Å². The third kappa shape index (κ3) is 3.32. The van der Waals surface area contributed by atoms with E-state index in [0.29, 0.717) is 0 Å². The second kappa shape index (κ2) is 4.55. The summed E-state index contributed by atoms with van der Waals surface area (Å²) in [6, 6.07) is 3.76. The molecule has 0 saturated carbocycles. The van der Waals surface area contributed by atoms with Gasteiger partial charge >= 0.3 is 0 Å². The topological polar surface area (TPSA) is 49.3 Å². The van der Waals surface area contributed by atoms with Crippen LogP contribution < -0.4 is 5.32 Å². The fourth-order valence-electron chi connectivity index (χ4n) is 1.19. The monoisotopic (exact) mass is 241 g/mol. The van der Waals surface area contributed by atoms with E-state index in [1.54, 1.807) is 6.92 Å². The van der Waals surface area contributed by atoms with Crippen LogP contribution >= 0.6 is 11.3 Å². The van der Waals surface area contributed by atoms with E-state index in [1.165, 1.54) is 11.3 Å². The first kappa shape index (κ1) is 13.2. The molecule has 90 valence electrons. The molecule has 1 aromatic rings. The van der Waals surface area contributed by atoms with Crippen LogP contribution in [-0.4, -0.2) is 17.6 Å². The molecule has 0 radical (unpaired) electrons. The highest BCUT2D eigenvalue weighted by Crippen LogP contribution is 2.24. The van der Waals surface area contributed by atoms with Crippen LogP contribution in [0.3, 0.4) is 0 Å². The summed E-state index contributed by atoms with van der Waals surface area (Å²) in [5.74, 6) is -0.0515. The van der Waals surface area contributed by atoms with Crippen LogP contribution in [0.4, 0.5) is 0 Å². The summed E-state index contributed by atoms with van der Waals surface area (Å²) in [5, 5.41) is 14.9. The lowest BCUT2D eigenvalue weighted by atomic mass is 9.95. The molecule has 3 nitrogen and oxygen atoms in total. The third-order valence-electron chi connectivity index (χ3n) is 2.33. The fraction of sp³-hybridized carbons (Fsp3) is 0.583. The maximum Gasteiger partial charge on any atom is 0.225 e. The number of hydrogen-bond donors (Lipinski definition) is 2. The Bertz CT molecular complexity index is 350. The minimum atomic E-state index is -0.991. The molecule has 0 saturated heterocycles. The Morgan fingerprint density at radius 2 is 2.06 bits per heavy atom. The first-order valence-electron chi connectivity index (χ1n) is 5.28. The van der Waals surface area contributed by atoms with Crippen LogP contribution in [0.1, 0.15) is 32.6 Å². The summed E-state index contributed by atoms with van der Waals surface area (Å²) in [4.78, 5) is 12.5. The van der Waals surface area contributed by atoms with Gasteiger partial charge in [-0.15, -0.1) is 11.3 Å². The first-order chi connectivity index (χ1) is 7.23. The lowest BCUT2D eigenvalue weighted by Gasteiger charge is -2.25. The normalized spacial score (nSPS) is 15.6. The van der Waals surface area contributed by atoms with Crippen LogP contribution in [0.2, 0.25) is 0 Å². The number of carbonyl (C=O) groups is 1. The average molecular weight is 241 g/mol. The van der Waals surface area contributed by atoms with Gasteiger partial charge in [-0.05, 0) is 18.4 Å². The van der Waals surface area contributed by atoms with Gasteiger partial charge in [-0.1, -0.05) is 26.8 Å². The minimum Gasteiger partial charge on any atom is -0.383 e. The molecule has 1 rings (SSSR count). The quantitative estimate of drug-likeness (QED) is 0.851. The molecule has 1 heterocycles. The van der Waals surface area contributed by atoms with E-state index in [4.69, 9.17) is 0 Å². The van der Waals surface area contributed by atoms with Crippen LogP contribution in [0.5, 0.6) is 0 Å².